The lowest BCUT2D eigenvalue weighted by Gasteiger charge is -2.21. The lowest BCUT2D eigenvalue weighted by atomic mass is 10.0. The van der Waals surface area contributed by atoms with E-state index in [1.807, 2.05) is 0 Å². The zero-order chi connectivity index (χ0) is 25.3. The second-order valence-corrected chi connectivity index (χ2v) is 9.70. The first-order valence-electron chi connectivity index (χ1n) is 10.7. The predicted molar refractivity (Wildman–Crippen MR) is 126 cm³/mol. The first-order chi connectivity index (χ1) is 15.7. The third kappa shape index (κ3) is 5.95. The monoisotopic (exact) mass is 466 g/mol. The number of carbonyl (C=O) groups is 3. The van der Waals surface area contributed by atoms with E-state index in [2.05, 4.69) is 4.98 Å². The number of benzene rings is 1. The second kappa shape index (κ2) is 9.21. The minimum Gasteiger partial charge on any atom is -0.457 e. The lowest BCUT2D eigenvalue weighted by Crippen LogP contribution is -2.25. The van der Waals surface area contributed by atoms with Crippen LogP contribution in [0.4, 0.5) is 10.1 Å². The number of ether oxygens (including phenoxy) is 2. The maximum atomic E-state index is 13.5. The van der Waals surface area contributed by atoms with Crippen molar-refractivity contribution in [2.45, 2.75) is 52.7 Å². The standard InChI is InChI=1S/C26H27FN2O5/c1-25(2,3)33-21(30)12-7-16-14-28-15-19-20(13-22(31)34-26(4,5)6)29(24(32)23(16)19)18-10-8-17(27)9-11-18/h7-15H,1-6H3/b12-7+,20-13+. The maximum Gasteiger partial charge on any atom is 0.333 e. The van der Waals surface area contributed by atoms with Crippen LogP contribution in [0.3, 0.4) is 0 Å². The normalized spacial score (nSPS) is 15.1. The molecule has 0 bridgehead atoms. The van der Waals surface area contributed by atoms with Gasteiger partial charge in [0, 0.05) is 41.4 Å². The van der Waals surface area contributed by atoms with Crippen LogP contribution in [0.5, 0.6) is 0 Å². The summed E-state index contributed by atoms with van der Waals surface area (Å²) in [5, 5.41) is 0. The highest BCUT2D eigenvalue weighted by molar-refractivity contribution is 6.25. The molecule has 1 aromatic carbocycles. The highest BCUT2D eigenvalue weighted by Crippen LogP contribution is 2.38. The van der Waals surface area contributed by atoms with E-state index >= 15 is 0 Å². The van der Waals surface area contributed by atoms with Gasteiger partial charge in [0.25, 0.3) is 5.91 Å². The van der Waals surface area contributed by atoms with Crippen LogP contribution in [0, 0.1) is 5.82 Å². The summed E-state index contributed by atoms with van der Waals surface area (Å²) >= 11 is 0. The Labute approximate surface area is 197 Å². The Morgan fingerprint density at radius 1 is 0.941 bits per heavy atom. The van der Waals surface area contributed by atoms with Crippen LogP contribution < -0.4 is 4.90 Å². The molecule has 178 valence electrons. The van der Waals surface area contributed by atoms with Gasteiger partial charge in [-0.05, 0) is 71.9 Å². The summed E-state index contributed by atoms with van der Waals surface area (Å²) in [5.74, 6) is -2.14. The molecule has 1 amide bonds. The average Bonchev–Trinajstić information content (AvgIpc) is 2.97. The predicted octanol–water partition coefficient (Wildman–Crippen LogP) is 4.92. The van der Waals surface area contributed by atoms with Gasteiger partial charge in [-0.1, -0.05) is 0 Å². The second-order valence-electron chi connectivity index (χ2n) is 9.70. The Morgan fingerprint density at radius 2 is 1.53 bits per heavy atom. The van der Waals surface area contributed by atoms with Crippen molar-refractivity contribution in [3.05, 3.63) is 71.3 Å². The van der Waals surface area contributed by atoms with E-state index in [4.69, 9.17) is 9.47 Å². The molecular formula is C26H27FN2O5. The van der Waals surface area contributed by atoms with Crippen molar-refractivity contribution in [1.29, 1.82) is 0 Å². The maximum absolute atomic E-state index is 13.5. The molecule has 8 heteroatoms. The number of anilines is 1. The molecular weight excluding hydrogens is 439 g/mol. The molecule has 34 heavy (non-hydrogen) atoms. The number of halogens is 1. The van der Waals surface area contributed by atoms with Crippen LogP contribution in [0.2, 0.25) is 0 Å². The van der Waals surface area contributed by atoms with Gasteiger partial charge >= 0.3 is 11.9 Å². The van der Waals surface area contributed by atoms with Crippen molar-refractivity contribution in [3.63, 3.8) is 0 Å². The molecule has 0 saturated carbocycles. The highest BCUT2D eigenvalue weighted by Gasteiger charge is 2.36. The largest absolute Gasteiger partial charge is 0.457 e. The van der Waals surface area contributed by atoms with Crippen LogP contribution in [0.15, 0.2) is 48.8 Å². The molecule has 7 nitrogen and oxygen atoms in total. The molecule has 0 aliphatic carbocycles. The van der Waals surface area contributed by atoms with Gasteiger partial charge in [0.15, 0.2) is 0 Å². The van der Waals surface area contributed by atoms with Gasteiger partial charge in [-0.25, -0.2) is 14.0 Å². The third-order valence-corrected chi connectivity index (χ3v) is 4.46. The van der Waals surface area contributed by atoms with E-state index < -0.39 is 34.9 Å². The summed E-state index contributed by atoms with van der Waals surface area (Å²) in [7, 11) is 0. The van der Waals surface area contributed by atoms with E-state index in [1.165, 1.54) is 59.8 Å². The number of aromatic nitrogens is 1. The smallest absolute Gasteiger partial charge is 0.333 e. The summed E-state index contributed by atoms with van der Waals surface area (Å²) in [4.78, 5) is 43.7. The molecule has 0 N–H and O–H groups in total. The number of rotatable bonds is 4. The van der Waals surface area contributed by atoms with Crippen molar-refractivity contribution >= 4 is 35.3 Å². The molecule has 1 aliphatic rings. The number of fused-ring (bicyclic) bond motifs is 1. The number of pyridine rings is 1. The van der Waals surface area contributed by atoms with E-state index in [-0.39, 0.29) is 11.3 Å². The van der Waals surface area contributed by atoms with Crippen molar-refractivity contribution < 1.29 is 28.2 Å². The highest BCUT2D eigenvalue weighted by atomic mass is 19.1. The fourth-order valence-electron chi connectivity index (χ4n) is 3.30. The molecule has 0 atom stereocenters. The number of nitrogens with zero attached hydrogens (tertiary/aromatic N) is 2. The van der Waals surface area contributed by atoms with Crippen molar-refractivity contribution in [2.75, 3.05) is 4.90 Å². The Balaban J connectivity index is 2.09. The minimum atomic E-state index is -0.740. The number of esters is 2. The Morgan fingerprint density at radius 3 is 2.12 bits per heavy atom. The Hall–Kier alpha value is -3.81. The third-order valence-electron chi connectivity index (χ3n) is 4.46. The topological polar surface area (TPSA) is 85.8 Å². The molecule has 0 spiro atoms. The van der Waals surface area contributed by atoms with Gasteiger partial charge < -0.3 is 9.47 Å². The van der Waals surface area contributed by atoms with Gasteiger partial charge in [0.1, 0.15) is 17.0 Å². The molecule has 0 radical (unpaired) electrons. The SMILES string of the molecule is CC(C)(C)OC(=O)/C=C/c1cncc2c1C(=O)N(c1ccc(F)cc1)/C2=C/C(=O)OC(C)(C)C. The number of hydrogen-bond acceptors (Lipinski definition) is 6. The Kier molecular flexibility index (Phi) is 6.72. The molecule has 0 saturated heterocycles. The molecule has 1 aliphatic heterocycles. The first-order valence-corrected chi connectivity index (χ1v) is 10.7. The van der Waals surface area contributed by atoms with Crippen LogP contribution in [-0.2, 0) is 19.1 Å². The van der Waals surface area contributed by atoms with Crippen molar-refractivity contribution in [1.82, 2.24) is 4.98 Å². The van der Waals surface area contributed by atoms with Crippen molar-refractivity contribution in [2.24, 2.45) is 0 Å². The van der Waals surface area contributed by atoms with Gasteiger partial charge in [-0.2, -0.15) is 0 Å². The molecule has 2 heterocycles. The molecule has 1 aromatic heterocycles. The van der Waals surface area contributed by atoms with Crippen LogP contribution in [0.25, 0.3) is 11.8 Å². The molecule has 2 aromatic rings. The zero-order valence-electron chi connectivity index (χ0n) is 20.0. The average molecular weight is 467 g/mol. The number of carbonyl (C=O) groups excluding carboxylic acids is 3. The van der Waals surface area contributed by atoms with Crippen LogP contribution in [-0.4, -0.2) is 34.0 Å². The quantitative estimate of drug-likeness (QED) is 0.470. The number of hydrogen-bond donors (Lipinski definition) is 0. The fourth-order valence-corrected chi connectivity index (χ4v) is 3.30. The summed E-state index contributed by atoms with van der Waals surface area (Å²) in [6.07, 6.45) is 6.76. The summed E-state index contributed by atoms with van der Waals surface area (Å²) in [5.41, 5.74) is 0.182. The number of amides is 1. The van der Waals surface area contributed by atoms with E-state index in [0.29, 0.717) is 16.8 Å². The first kappa shape index (κ1) is 24.8. The zero-order valence-corrected chi connectivity index (χ0v) is 20.0. The molecule has 0 fully saturated rings. The molecule has 0 unspecified atom stereocenters. The summed E-state index contributed by atoms with van der Waals surface area (Å²) in [6.45, 7) is 10.4. The van der Waals surface area contributed by atoms with Gasteiger partial charge in [0.05, 0.1) is 11.3 Å². The van der Waals surface area contributed by atoms with Crippen molar-refractivity contribution in [3.8, 4) is 0 Å². The van der Waals surface area contributed by atoms with E-state index in [1.54, 1.807) is 41.5 Å². The molecule has 3 rings (SSSR count). The summed E-state index contributed by atoms with van der Waals surface area (Å²) in [6, 6.07) is 5.31. The Bertz CT molecular complexity index is 1190. The van der Waals surface area contributed by atoms with Gasteiger partial charge in [-0.15, -0.1) is 0 Å². The van der Waals surface area contributed by atoms with Gasteiger partial charge in [-0.3, -0.25) is 14.7 Å². The van der Waals surface area contributed by atoms with Crippen LogP contribution in [0.1, 0.15) is 63.0 Å². The van der Waals surface area contributed by atoms with E-state index in [0.717, 1.165) is 0 Å². The lowest BCUT2D eigenvalue weighted by molar-refractivity contribution is -0.149. The van der Waals surface area contributed by atoms with Crippen LogP contribution >= 0.6 is 0 Å². The fraction of sp³-hybridized carbons (Fsp3) is 0.308. The summed E-state index contributed by atoms with van der Waals surface area (Å²) < 4.78 is 24.2. The van der Waals surface area contributed by atoms with E-state index in [9.17, 15) is 18.8 Å². The van der Waals surface area contributed by atoms with Gasteiger partial charge in [0.2, 0.25) is 0 Å². The minimum absolute atomic E-state index is 0.237.